The van der Waals surface area contributed by atoms with Crippen LogP contribution in [0, 0.1) is 17.3 Å². The average Bonchev–Trinajstić information content (AvgIpc) is 2.26. The van der Waals surface area contributed by atoms with E-state index in [0.717, 1.165) is 24.8 Å². The van der Waals surface area contributed by atoms with Gasteiger partial charge in [0.2, 0.25) is 0 Å². The number of hydrogen-bond acceptors (Lipinski definition) is 2. The fraction of sp³-hybridized carbons (Fsp3) is 0.600. The highest BCUT2D eigenvalue weighted by Gasteiger charge is 2.44. The second-order valence-electron chi connectivity index (χ2n) is 6.04. The lowest BCUT2D eigenvalue weighted by atomic mass is 9.57. The maximum atomic E-state index is 11.7. The highest BCUT2D eigenvalue weighted by molar-refractivity contribution is 5.92. The fourth-order valence-electron chi connectivity index (χ4n) is 3.61. The molecule has 0 spiro atoms. The molecule has 0 aromatic rings. The SMILES string of the molecule is C=C(C(=O)O)[C@@H]1CC[C@@]2(C)CC(=O)C=C(C)C2C1. The van der Waals surface area contributed by atoms with Crippen LogP contribution in [0.15, 0.2) is 23.8 Å². The van der Waals surface area contributed by atoms with Gasteiger partial charge >= 0.3 is 5.97 Å². The first-order valence-corrected chi connectivity index (χ1v) is 6.46. The number of allylic oxidation sites excluding steroid dienone is 2. The van der Waals surface area contributed by atoms with E-state index >= 15 is 0 Å². The van der Waals surface area contributed by atoms with Crippen LogP contribution in [-0.2, 0) is 9.59 Å². The Morgan fingerprint density at radius 1 is 1.56 bits per heavy atom. The summed E-state index contributed by atoms with van der Waals surface area (Å²) in [5.74, 6) is -0.305. The summed E-state index contributed by atoms with van der Waals surface area (Å²) in [7, 11) is 0. The molecule has 3 heteroatoms. The van der Waals surface area contributed by atoms with Crippen molar-refractivity contribution in [2.24, 2.45) is 17.3 Å². The predicted octanol–water partition coefficient (Wildman–Crippen LogP) is 2.97. The minimum absolute atomic E-state index is 0.0190. The number of carbonyl (C=O) groups is 2. The van der Waals surface area contributed by atoms with Gasteiger partial charge in [-0.05, 0) is 49.5 Å². The van der Waals surface area contributed by atoms with E-state index in [-0.39, 0.29) is 17.1 Å². The standard InChI is InChI=1S/C15H20O3/c1-9-6-12(16)8-15(3)5-4-11(7-13(9)15)10(2)14(17)18/h6,11,13H,2,4-5,7-8H2,1,3H3,(H,17,18)/t11-,13?,15+/m1/s1. The van der Waals surface area contributed by atoms with Gasteiger partial charge in [0.1, 0.15) is 0 Å². The Morgan fingerprint density at radius 2 is 2.22 bits per heavy atom. The van der Waals surface area contributed by atoms with Gasteiger partial charge in [0, 0.05) is 12.0 Å². The third kappa shape index (κ3) is 2.14. The molecule has 1 N–H and O–H groups in total. The van der Waals surface area contributed by atoms with Crippen LogP contribution in [0.4, 0.5) is 0 Å². The highest BCUT2D eigenvalue weighted by Crippen LogP contribution is 2.52. The number of ketones is 1. The second kappa shape index (κ2) is 4.38. The predicted molar refractivity (Wildman–Crippen MR) is 69.1 cm³/mol. The van der Waals surface area contributed by atoms with Crippen LogP contribution in [0.3, 0.4) is 0 Å². The van der Waals surface area contributed by atoms with Gasteiger partial charge in [0.05, 0.1) is 0 Å². The van der Waals surface area contributed by atoms with E-state index in [1.807, 2.05) is 6.92 Å². The molecule has 2 aliphatic carbocycles. The lowest BCUT2D eigenvalue weighted by molar-refractivity contribution is -0.133. The molecule has 1 unspecified atom stereocenters. The number of rotatable bonds is 2. The third-order valence-electron chi connectivity index (χ3n) is 4.71. The van der Waals surface area contributed by atoms with Crippen LogP contribution in [-0.4, -0.2) is 16.9 Å². The van der Waals surface area contributed by atoms with Gasteiger partial charge in [-0.2, -0.15) is 0 Å². The van der Waals surface area contributed by atoms with Crippen LogP contribution in [0.1, 0.15) is 39.5 Å². The molecule has 98 valence electrons. The quantitative estimate of drug-likeness (QED) is 0.764. The molecule has 3 atom stereocenters. The lowest BCUT2D eigenvalue weighted by Crippen LogP contribution is -2.40. The van der Waals surface area contributed by atoms with Crippen molar-refractivity contribution in [2.75, 3.05) is 0 Å². The molecular weight excluding hydrogens is 228 g/mol. The summed E-state index contributed by atoms with van der Waals surface area (Å²) in [4.78, 5) is 22.7. The van der Waals surface area contributed by atoms with E-state index < -0.39 is 5.97 Å². The van der Waals surface area contributed by atoms with Crippen LogP contribution in [0.2, 0.25) is 0 Å². The summed E-state index contributed by atoms with van der Waals surface area (Å²) in [5, 5.41) is 9.03. The largest absolute Gasteiger partial charge is 0.478 e. The topological polar surface area (TPSA) is 54.4 Å². The monoisotopic (exact) mass is 248 g/mol. The van der Waals surface area contributed by atoms with Gasteiger partial charge in [0.15, 0.2) is 5.78 Å². The Morgan fingerprint density at radius 3 is 2.83 bits per heavy atom. The van der Waals surface area contributed by atoms with Gasteiger partial charge in [0.25, 0.3) is 0 Å². The lowest BCUT2D eigenvalue weighted by Gasteiger charge is -2.47. The first-order valence-electron chi connectivity index (χ1n) is 6.46. The summed E-state index contributed by atoms with van der Waals surface area (Å²) >= 11 is 0. The van der Waals surface area contributed by atoms with E-state index in [1.165, 1.54) is 0 Å². The van der Waals surface area contributed by atoms with Crippen molar-refractivity contribution in [1.29, 1.82) is 0 Å². The molecule has 0 aliphatic heterocycles. The van der Waals surface area contributed by atoms with Gasteiger partial charge in [-0.1, -0.05) is 19.1 Å². The zero-order valence-electron chi connectivity index (χ0n) is 11.0. The summed E-state index contributed by atoms with van der Waals surface area (Å²) < 4.78 is 0. The zero-order chi connectivity index (χ0) is 13.5. The van der Waals surface area contributed by atoms with Crippen molar-refractivity contribution in [3.05, 3.63) is 23.8 Å². The fourth-order valence-corrected chi connectivity index (χ4v) is 3.61. The summed E-state index contributed by atoms with van der Waals surface area (Å²) in [6, 6.07) is 0. The molecule has 2 rings (SSSR count). The first-order chi connectivity index (χ1) is 8.33. The molecule has 2 aliphatic rings. The highest BCUT2D eigenvalue weighted by atomic mass is 16.4. The Bertz CT molecular complexity index is 447. The van der Waals surface area contributed by atoms with E-state index in [9.17, 15) is 9.59 Å². The van der Waals surface area contributed by atoms with Gasteiger partial charge in [-0.15, -0.1) is 0 Å². The van der Waals surface area contributed by atoms with Gasteiger partial charge < -0.3 is 5.11 Å². The van der Waals surface area contributed by atoms with Crippen molar-refractivity contribution in [3.8, 4) is 0 Å². The maximum absolute atomic E-state index is 11.7. The molecule has 0 radical (unpaired) electrons. The van der Waals surface area contributed by atoms with Crippen LogP contribution >= 0.6 is 0 Å². The minimum Gasteiger partial charge on any atom is -0.478 e. The Hall–Kier alpha value is -1.38. The molecule has 0 saturated heterocycles. The van der Waals surface area contributed by atoms with Crippen molar-refractivity contribution in [2.45, 2.75) is 39.5 Å². The molecular formula is C15H20O3. The van der Waals surface area contributed by atoms with E-state index in [4.69, 9.17) is 5.11 Å². The average molecular weight is 248 g/mol. The first kappa shape index (κ1) is 13.1. The number of carbonyl (C=O) groups excluding carboxylic acids is 1. The number of carboxylic acids is 1. The molecule has 0 aromatic carbocycles. The van der Waals surface area contributed by atoms with Crippen LogP contribution < -0.4 is 0 Å². The Labute approximate surface area is 108 Å². The number of carboxylic acid groups (broad SMARTS) is 1. The normalized spacial score (nSPS) is 35.7. The van der Waals surface area contributed by atoms with Crippen molar-refractivity contribution < 1.29 is 14.7 Å². The van der Waals surface area contributed by atoms with Crippen molar-refractivity contribution in [3.63, 3.8) is 0 Å². The van der Waals surface area contributed by atoms with Crippen molar-refractivity contribution >= 4 is 11.8 Å². The van der Waals surface area contributed by atoms with Gasteiger partial charge in [-0.3, -0.25) is 4.79 Å². The number of hydrogen-bond donors (Lipinski definition) is 1. The van der Waals surface area contributed by atoms with Gasteiger partial charge in [-0.25, -0.2) is 4.79 Å². The smallest absolute Gasteiger partial charge is 0.331 e. The molecule has 0 bridgehead atoms. The third-order valence-corrected chi connectivity index (χ3v) is 4.71. The molecule has 3 nitrogen and oxygen atoms in total. The Balaban J connectivity index is 2.22. The molecule has 18 heavy (non-hydrogen) atoms. The Kier molecular flexibility index (Phi) is 3.18. The molecule has 1 fully saturated rings. The van der Waals surface area contributed by atoms with Crippen LogP contribution in [0.5, 0.6) is 0 Å². The van der Waals surface area contributed by atoms with E-state index in [2.05, 4.69) is 13.5 Å². The number of fused-ring (bicyclic) bond motifs is 1. The van der Waals surface area contributed by atoms with E-state index in [1.54, 1.807) is 6.08 Å². The summed E-state index contributed by atoms with van der Waals surface area (Å²) in [6.45, 7) is 7.84. The maximum Gasteiger partial charge on any atom is 0.331 e. The molecule has 1 saturated carbocycles. The van der Waals surface area contributed by atoms with Crippen molar-refractivity contribution in [1.82, 2.24) is 0 Å². The second-order valence-corrected chi connectivity index (χ2v) is 6.04. The molecule has 0 amide bonds. The summed E-state index contributed by atoms with van der Waals surface area (Å²) in [6.07, 6.45) is 4.89. The zero-order valence-corrected chi connectivity index (χ0v) is 11.0. The molecule has 0 heterocycles. The van der Waals surface area contributed by atoms with Crippen LogP contribution in [0.25, 0.3) is 0 Å². The minimum atomic E-state index is -0.892. The number of aliphatic carboxylic acids is 1. The summed E-state index contributed by atoms with van der Waals surface area (Å²) in [5.41, 5.74) is 1.45. The molecule has 0 aromatic heterocycles. The van der Waals surface area contributed by atoms with E-state index in [0.29, 0.717) is 17.9 Å².